The van der Waals surface area contributed by atoms with E-state index in [1.54, 1.807) is 18.5 Å². The fourth-order valence-corrected chi connectivity index (χ4v) is 1.71. The first-order valence-electron chi connectivity index (χ1n) is 6.00. The van der Waals surface area contributed by atoms with Crippen molar-refractivity contribution in [2.24, 2.45) is 0 Å². The maximum Gasteiger partial charge on any atom is 0.152 e. The standard InChI is InChI=1S/C14H13FN4/c1-2-3-18-14-13(17-4-5-19-14)11-6-10(9-16)7-12(15)8-11/h4-8H,2-3H2,1H3,(H,18,19). The molecule has 0 radical (unpaired) electrons. The summed E-state index contributed by atoms with van der Waals surface area (Å²) >= 11 is 0. The van der Waals surface area contributed by atoms with Gasteiger partial charge in [-0.3, -0.25) is 4.98 Å². The minimum atomic E-state index is -0.457. The van der Waals surface area contributed by atoms with Gasteiger partial charge in [-0.15, -0.1) is 0 Å². The van der Waals surface area contributed by atoms with Crippen LogP contribution in [0.15, 0.2) is 30.6 Å². The van der Waals surface area contributed by atoms with Gasteiger partial charge in [0.15, 0.2) is 5.82 Å². The van der Waals surface area contributed by atoms with Crippen LogP contribution in [0.5, 0.6) is 0 Å². The van der Waals surface area contributed by atoms with Gasteiger partial charge in [-0.25, -0.2) is 9.37 Å². The van der Waals surface area contributed by atoms with Crippen LogP contribution in [0.25, 0.3) is 11.3 Å². The van der Waals surface area contributed by atoms with Crippen molar-refractivity contribution in [1.82, 2.24) is 9.97 Å². The number of rotatable bonds is 4. The first-order chi connectivity index (χ1) is 9.24. The van der Waals surface area contributed by atoms with E-state index in [1.165, 1.54) is 12.1 Å². The molecule has 0 aliphatic carbocycles. The van der Waals surface area contributed by atoms with Crippen LogP contribution in [0.3, 0.4) is 0 Å². The zero-order valence-electron chi connectivity index (χ0n) is 10.5. The number of benzene rings is 1. The van der Waals surface area contributed by atoms with Gasteiger partial charge in [-0.2, -0.15) is 5.26 Å². The van der Waals surface area contributed by atoms with E-state index in [9.17, 15) is 4.39 Å². The van der Waals surface area contributed by atoms with Gasteiger partial charge in [-0.05, 0) is 24.6 Å². The van der Waals surface area contributed by atoms with Gasteiger partial charge in [0.1, 0.15) is 11.5 Å². The number of nitriles is 1. The Morgan fingerprint density at radius 1 is 1.26 bits per heavy atom. The zero-order chi connectivity index (χ0) is 13.7. The molecule has 0 fully saturated rings. The zero-order valence-corrected chi connectivity index (χ0v) is 10.5. The Hall–Kier alpha value is -2.48. The van der Waals surface area contributed by atoms with E-state index in [1.807, 2.05) is 13.0 Å². The lowest BCUT2D eigenvalue weighted by Crippen LogP contribution is -2.04. The van der Waals surface area contributed by atoms with Crippen molar-refractivity contribution in [3.63, 3.8) is 0 Å². The van der Waals surface area contributed by atoms with Crippen LogP contribution in [-0.4, -0.2) is 16.5 Å². The van der Waals surface area contributed by atoms with Gasteiger partial charge < -0.3 is 5.32 Å². The predicted octanol–water partition coefficient (Wildman–Crippen LogP) is 2.98. The number of hydrogen-bond acceptors (Lipinski definition) is 4. The molecular weight excluding hydrogens is 243 g/mol. The third-order valence-corrected chi connectivity index (χ3v) is 2.54. The Labute approximate surface area is 110 Å². The summed E-state index contributed by atoms with van der Waals surface area (Å²) in [6, 6.07) is 6.08. The molecule has 19 heavy (non-hydrogen) atoms. The van der Waals surface area contributed by atoms with Crippen LogP contribution in [0, 0.1) is 17.1 Å². The largest absolute Gasteiger partial charge is 0.368 e. The molecule has 1 aromatic carbocycles. The van der Waals surface area contributed by atoms with Crippen molar-refractivity contribution in [2.45, 2.75) is 13.3 Å². The quantitative estimate of drug-likeness (QED) is 0.913. The summed E-state index contributed by atoms with van der Waals surface area (Å²) in [5, 5.41) is 12.0. The molecule has 4 nitrogen and oxygen atoms in total. The molecule has 0 saturated heterocycles. The van der Waals surface area contributed by atoms with E-state index >= 15 is 0 Å². The van der Waals surface area contributed by atoms with Crippen LogP contribution < -0.4 is 5.32 Å². The van der Waals surface area contributed by atoms with Crippen LogP contribution in [-0.2, 0) is 0 Å². The Bertz CT molecular complexity index is 619. The summed E-state index contributed by atoms with van der Waals surface area (Å²) in [5.41, 5.74) is 1.36. The molecule has 0 aliphatic heterocycles. The summed E-state index contributed by atoms with van der Waals surface area (Å²) in [7, 11) is 0. The lowest BCUT2D eigenvalue weighted by Gasteiger charge is -2.09. The van der Waals surface area contributed by atoms with Gasteiger partial charge in [0.05, 0.1) is 11.6 Å². The predicted molar refractivity (Wildman–Crippen MR) is 70.9 cm³/mol. The van der Waals surface area contributed by atoms with Crippen LogP contribution >= 0.6 is 0 Å². The molecule has 0 atom stereocenters. The van der Waals surface area contributed by atoms with Gasteiger partial charge >= 0.3 is 0 Å². The summed E-state index contributed by atoms with van der Waals surface area (Å²) in [5.74, 6) is 0.139. The monoisotopic (exact) mass is 256 g/mol. The molecule has 1 heterocycles. The maximum atomic E-state index is 13.5. The lowest BCUT2D eigenvalue weighted by atomic mass is 10.1. The number of anilines is 1. The first-order valence-corrected chi connectivity index (χ1v) is 6.00. The fraction of sp³-hybridized carbons (Fsp3) is 0.214. The molecule has 1 N–H and O–H groups in total. The van der Waals surface area contributed by atoms with Crippen molar-refractivity contribution in [2.75, 3.05) is 11.9 Å². The number of aromatic nitrogens is 2. The minimum Gasteiger partial charge on any atom is -0.368 e. The Kier molecular flexibility index (Phi) is 4.04. The number of halogens is 1. The summed E-state index contributed by atoms with van der Waals surface area (Å²) in [6.07, 6.45) is 4.07. The number of nitrogens with one attached hydrogen (secondary N) is 1. The summed E-state index contributed by atoms with van der Waals surface area (Å²) in [6.45, 7) is 2.80. The molecule has 0 saturated carbocycles. The van der Waals surface area contributed by atoms with E-state index in [0.717, 1.165) is 13.0 Å². The Morgan fingerprint density at radius 3 is 2.79 bits per heavy atom. The van der Waals surface area contributed by atoms with Gasteiger partial charge in [0, 0.05) is 24.5 Å². The summed E-state index contributed by atoms with van der Waals surface area (Å²) < 4.78 is 13.5. The molecule has 2 rings (SSSR count). The molecule has 0 aliphatic rings. The summed E-state index contributed by atoms with van der Waals surface area (Å²) in [4.78, 5) is 8.42. The highest BCUT2D eigenvalue weighted by Gasteiger charge is 2.09. The van der Waals surface area contributed by atoms with Crippen molar-refractivity contribution >= 4 is 5.82 Å². The Morgan fingerprint density at radius 2 is 2.05 bits per heavy atom. The molecule has 96 valence electrons. The second-order valence-electron chi connectivity index (χ2n) is 4.02. The molecule has 0 amide bonds. The van der Waals surface area contributed by atoms with E-state index in [0.29, 0.717) is 17.1 Å². The van der Waals surface area contributed by atoms with Crippen LogP contribution in [0.1, 0.15) is 18.9 Å². The number of hydrogen-bond donors (Lipinski definition) is 1. The third-order valence-electron chi connectivity index (χ3n) is 2.54. The molecule has 2 aromatic rings. The normalized spacial score (nSPS) is 9.95. The van der Waals surface area contributed by atoms with E-state index in [-0.39, 0.29) is 5.56 Å². The topological polar surface area (TPSA) is 61.6 Å². The van der Waals surface area contributed by atoms with Gasteiger partial charge in [0.2, 0.25) is 0 Å². The molecule has 0 unspecified atom stereocenters. The highest BCUT2D eigenvalue weighted by Crippen LogP contribution is 2.25. The van der Waals surface area contributed by atoms with E-state index < -0.39 is 5.82 Å². The highest BCUT2D eigenvalue weighted by molar-refractivity contribution is 5.72. The number of nitrogens with zero attached hydrogens (tertiary/aromatic N) is 3. The van der Waals surface area contributed by atoms with Crippen molar-refractivity contribution in [1.29, 1.82) is 5.26 Å². The van der Waals surface area contributed by atoms with Crippen LogP contribution in [0.4, 0.5) is 10.2 Å². The molecular formula is C14H13FN4. The first kappa shape index (κ1) is 13.0. The average molecular weight is 256 g/mol. The van der Waals surface area contributed by atoms with Gasteiger partial charge in [-0.1, -0.05) is 6.92 Å². The molecule has 1 aromatic heterocycles. The second kappa shape index (κ2) is 5.91. The van der Waals surface area contributed by atoms with Crippen molar-refractivity contribution in [3.05, 3.63) is 42.0 Å². The van der Waals surface area contributed by atoms with Gasteiger partial charge in [0.25, 0.3) is 0 Å². The SMILES string of the molecule is CCCNc1nccnc1-c1cc(F)cc(C#N)c1. The van der Waals surface area contributed by atoms with E-state index in [4.69, 9.17) is 5.26 Å². The molecule has 0 spiro atoms. The van der Waals surface area contributed by atoms with Crippen molar-refractivity contribution < 1.29 is 4.39 Å². The minimum absolute atomic E-state index is 0.266. The average Bonchev–Trinajstić information content (AvgIpc) is 2.44. The van der Waals surface area contributed by atoms with Crippen LogP contribution in [0.2, 0.25) is 0 Å². The highest BCUT2D eigenvalue weighted by atomic mass is 19.1. The third kappa shape index (κ3) is 3.05. The maximum absolute atomic E-state index is 13.5. The lowest BCUT2D eigenvalue weighted by molar-refractivity contribution is 0.628. The Balaban J connectivity index is 2.46. The van der Waals surface area contributed by atoms with E-state index in [2.05, 4.69) is 15.3 Å². The fourth-order valence-electron chi connectivity index (χ4n) is 1.71. The second-order valence-corrected chi connectivity index (χ2v) is 4.02. The molecule has 0 bridgehead atoms. The smallest absolute Gasteiger partial charge is 0.152 e. The molecule has 5 heteroatoms. The van der Waals surface area contributed by atoms with Crippen molar-refractivity contribution in [3.8, 4) is 17.3 Å².